The Balaban J connectivity index is 1.97. The zero-order valence-corrected chi connectivity index (χ0v) is 11.5. The van der Waals surface area contributed by atoms with Crippen LogP contribution in [0.1, 0.15) is 71.1 Å². The minimum Gasteiger partial charge on any atom is -0.0885 e. The molecule has 96 valence electrons. The van der Waals surface area contributed by atoms with Gasteiger partial charge in [0, 0.05) is 0 Å². The fourth-order valence-electron chi connectivity index (χ4n) is 3.50. The van der Waals surface area contributed by atoms with Crippen molar-refractivity contribution < 1.29 is 0 Å². The van der Waals surface area contributed by atoms with Crippen molar-refractivity contribution in [3.05, 3.63) is 23.8 Å². The molecule has 0 aromatic carbocycles. The Hall–Kier alpha value is -0.520. The lowest BCUT2D eigenvalue weighted by Gasteiger charge is -2.29. The molecule has 2 atom stereocenters. The van der Waals surface area contributed by atoms with Crippen molar-refractivity contribution in [3.8, 4) is 0 Å². The molecule has 2 unspecified atom stereocenters. The van der Waals surface area contributed by atoms with Gasteiger partial charge in [0.2, 0.25) is 0 Å². The highest BCUT2D eigenvalue weighted by Gasteiger charge is 2.21. The predicted molar refractivity (Wildman–Crippen MR) is 76.0 cm³/mol. The lowest BCUT2D eigenvalue weighted by molar-refractivity contribution is 0.274. The van der Waals surface area contributed by atoms with Gasteiger partial charge in [0.25, 0.3) is 0 Å². The van der Waals surface area contributed by atoms with Gasteiger partial charge in [0.15, 0.2) is 0 Å². The Bertz CT molecular complexity index is 272. The van der Waals surface area contributed by atoms with Crippen LogP contribution in [0.3, 0.4) is 0 Å². The van der Waals surface area contributed by atoms with Gasteiger partial charge in [-0.25, -0.2) is 0 Å². The second-order valence-electron chi connectivity index (χ2n) is 6.05. The Labute approximate surface area is 107 Å². The van der Waals surface area contributed by atoms with E-state index in [4.69, 9.17) is 0 Å². The Kier molecular flexibility index (Phi) is 5.35. The Morgan fingerprint density at radius 3 is 2.53 bits per heavy atom. The summed E-state index contributed by atoms with van der Waals surface area (Å²) in [5.74, 6) is 1.93. The van der Waals surface area contributed by atoms with Crippen molar-refractivity contribution in [3.63, 3.8) is 0 Å². The van der Waals surface area contributed by atoms with E-state index >= 15 is 0 Å². The summed E-state index contributed by atoms with van der Waals surface area (Å²) >= 11 is 0. The first-order valence-electron chi connectivity index (χ1n) is 7.67. The first kappa shape index (κ1) is 12.9. The molecular weight excluding hydrogens is 204 g/mol. The van der Waals surface area contributed by atoms with Crippen molar-refractivity contribution >= 4 is 0 Å². The molecule has 0 heterocycles. The highest BCUT2D eigenvalue weighted by Crippen LogP contribution is 2.34. The van der Waals surface area contributed by atoms with Crippen LogP contribution in [0.5, 0.6) is 0 Å². The van der Waals surface area contributed by atoms with Crippen LogP contribution in [-0.4, -0.2) is 0 Å². The SMILES string of the molecule is C/C1=C/CCCCC(C2C/C=C\CCCC2)C1. The second kappa shape index (κ2) is 7.03. The summed E-state index contributed by atoms with van der Waals surface area (Å²) in [6, 6.07) is 0. The minimum absolute atomic E-state index is 0.966. The number of allylic oxidation sites excluding steroid dienone is 4. The van der Waals surface area contributed by atoms with Crippen molar-refractivity contribution in [2.75, 3.05) is 0 Å². The van der Waals surface area contributed by atoms with Crippen LogP contribution in [0.15, 0.2) is 23.8 Å². The topological polar surface area (TPSA) is 0 Å². The molecule has 17 heavy (non-hydrogen) atoms. The molecule has 0 saturated carbocycles. The third-order valence-corrected chi connectivity index (χ3v) is 4.57. The summed E-state index contributed by atoms with van der Waals surface area (Å²) in [6.07, 6.45) is 21.4. The highest BCUT2D eigenvalue weighted by atomic mass is 14.3. The standard InChI is InChI=1S/C17H28/c1-15-10-6-5-9-13-17(14-15)16-11-7-3-2-4-8-12-16/h3,7,10,16-17H,2,4-6,8-9,11-14H2,1H3/b7-3-,15-10-. The van der Waals surface area contributed by atoms with E-state index in [0.29, 0.717) is 0 Å². The Morgan fingerprint density at radius 1 is 0.882 bits per heavy atom. The average Bonchev–Trinajstić information content (AvgIpc) is 2.23. The molecule has 0 aromatic rings. The zero-order valence-electron chi connectivity index (χ0n) is 11.5. The minimum atomic E-state index is 0.966. The van der Waals surface area contributed by atoms with E-state index in [-0.39, 0.29) is 0 Å². The van der Waals surface area contributed by atoms with E-state index in [0.717, 1.165) is 11.8 Å². The smallest absolute Gasteiger partial charge is 0.0292 e. The van der Waals surface area contributed by atoms with Crippen LogP contribution >= 0.6 is 0 Å². The molecule has 0 nitrogen and oxygen atoms in total. The number of hydrogen-bond acceptors (Lipinski definition) is 0. The summed E-state index contributed by atoms with van der Waals surface area (Å²) < 4.78 is 0. The van der Waals surface area contributed by atoms with E-state index in [1.807, 2.05) is 0 Å². The lowest BCUT2D eigenvalue weighted by Crippen LogP contribution is -2.17. The lowest BCUT2D eigenvalue weighted by atomic mass is 9.77. The first-order chi connectivity index (χ1) is 8.36. The van der Waals surface area contributed by atoms with Crippen LogP contribution in [0.2, 0.25) is 0 Å². The quantitative estimate of drug-likeness (QED) is 0.512. The van der Waals surface area contributed by atoms with Crippen LogP contribution in [0.25, 0.3) is 0 Å². The normalized spacial score (nSPS) is 36.9. The van der Waals surface area contributed by atoms with E-state index in [1.165, 1.54) is 64.2 Å². The molecule has 0 N–H and O–H groups in total. The third-order valence-electron chi connectivity index (χ3n) is 4.57. The average molecular weight is 232 g/mol. The van der Waals surface area contributed by atoms with Gasteiger partial charge in [-0.3, -0.25) is 0 Å². The summed E-state index contributed by atoms with van der Waals surface area (Å²) in [5, 5.41) is 0. The molecule has 0 aromatic heterocycles. The Morgan fingerprint density at radius 2 is 1.65 bits per heavy atom. The maximum Gasteiger partial charge on any atom is -0.0292 e. The second-order valence-corrected chi connectivity index (χ2v) is 6.05. The summed E-state index contributed by atoms with van der Waals surface area (Å²) in [7, 11) is 0. The van der Waals surface area contributed by atoms with E-state index in [9.17, 15) is 0 Å². The molecule has 0 saturated heterocycles. The summed E-state index contributed by atoms with van der Waals surface area (Å²) in [4.78, 5) is 0. The largest absolute Gasteiger partial charge is 0.0885 e. The predicted octanol–water partition coefficient (Wildman–Crippen LogP) is 5.65. The third kappa shape index (κ3) is 4.33. The van der Waals surface area contributed by atoms with Gasteiger partial charge in [0.05, 0.1) is 0 Å². The number of rotatable bonds is 1. The van der Waals surface area contributed by atoms with Gasteiger partial charge in [-0.1, -0.05) is 36.6 Å². The fourth-order valence-corrected chi connectivity index (χ4v) is 3.50. The monoisotopic (exact) mass is 232 g/mol. The molecule has 0 aliphatic heterocycles. The molecule has 0 radical (unpaired) electrons. The van der Waals surface area contributed by atoms with Gasteiger partial charge in [-0.2, -0.15) is 0 Å². The van der Waals surface area contributed by atoms with Crippen molar-refractivity contribution in [1.29, 1.82) is 0 Å². The first-order valence-corrected chi connectivity index (χ1v) is 7.67. The molecule has 0 bridgehead atoms. The molecule has 2 aliphatic carbocycles. The summed E-state index contributed by atoms with van der Waals surface area (Å²) in [6.45, 7) is 2.34. The molecular formula is C17H28. The zero-order chi connectivity index (χ0) is 11.9. The molecule has 0 spiro atoms. The van der Waals surface area contributed by atoms with Crippen molar-refractivity contribution in [2.45, 2.75) is 71.1 Å². The summed E-state index contributed by atoms with van der Waals surface area (Å²) in [5.41, 5.74) is 1.65. The van der Waals surface area contributed by atoms with Crippen LogP contribution in [-0.2, 0) is 0 Å². The molecule has 0 heteroatoms. The van der Waals surface area contributed by atoms with Crippen LogP contribution in [0.4, 0.5) is 0 Å². The van der Waals surface area contributed by atoms with Gasteiger partial charge in [-0.05, 0) is 70.1 Å². The van der Waals surface area contributed by atoms with Crippen molar-refractivity contribution in [1.82, 2.24) is 0 Å². The van der Waals surface area contributed by atoms with Crippen LogP contribution in [0, 0.1) is 11.8 Å². The molecule has 2 aliphatic rings. The molecule has 0 amide bonds. The fraction of sp³-hybridized carbons (Fsp3) is 0.765. The van der Waals surface area contributed by atoms with Crippen LogP contribution < -0.4 is 0 Å². The van der Waals surface area contributed by atoms with E-state index in [1.54, 1.807) is 5.57 Å². The maximum absolute atomic E-state index is 2.49. The van der Waals surface area contributed by atoms with Gasteiger partial charge < -0.3 is 0 Å². The van der Waals surface area contributed by atoms with Gasteiger partial charge in [-0.15, -0.1) is 0 Å². The molecule has 2 rings (SSSR count). The van der Waals surface area contributed by atoms with E-state index in [2.05, 4.69) is 25.2 Å². The highest BCUT2D eigenvalue weighted by molar-refractivity contribution is 5.02. The molecule has 0 fully saturated rings. The maximum atomic E-state index is 2.49. The van der Waals surface area contributed by atoms with E-state index < -0.39 is 0 Å². The number of hydrogen-bond donors (Lipinski definition) is 0. The van der Waals surface area contributed by atoms with Crippen molar-refractivity contribution in [2.24, 2.45) is 11.8 Å². The van der Waals surface area contributed by atoms with Gasteiger partial charge >= 0.3 is 0 Å². The van der Waals surface area contributed by atoms with Gasteiger partial charge in [0.1, 0.15) is 0 Å².